The number of para-hydroxylation sites is 1. The number of halogens is 2. The molecular weight excluding hydrogens is 261 g/mol. The summed E-state index contributed by atoms with van der Waals surface area (Å²) in [4.78, 5) is 15.6. The SMILES string of the molecule is CCOC(=O)c1cnc2ccccc2c1.Cl.Cl. The molecule has 1 aromatic carbocycles. The van der Waals surface area contributed by atoms with Crippen LogP contribution in [0.1, 0.15) is 17.3 Å². The first kappa shape index (κ1) is 15.7. The number of pyridine rings is 1. The molecule has 0 radical (unpaired) electrons. The molecule has 0 saturated heterocycles. The summed E-state index contributed by atoms with van der Waals surface area (Å²) in [5.74, 6) is -0.323. The van der Waals surface area contributed by atoms with Gasteiger partial charge in [-0.05, 0) is 19.1 Å². The Hall–Kier alpha value is -1.32. The van der Waals surface area contributed by atoms with Crippen molar-refractivity contribution in [3.05, 3.63) is 42.1 Å². The molecule has 5 heteroatoms. The Balaban J connectivity index is 0.00000128. The molecule has 0 bridgehead atoms. The van der Waals surface area contributed by atoms with E-state index in [2.05, 4.69) is 4.98 Å². The number of carbonyl (C=O) groups excluding carboxylic acids is 1. The van der Waals surface area contributed by atoms with Gasteiger partial charge in [-0.1, -0.05) is 18.2 Å². The van der Waals surface area contributed by atoms with Crippen LogP contribution in [0.3, 0.4) is 0 Å². The zero-order chi connectivity index (χ0) is 10.7. The molecule has 0 amide bonds. The molecule has 0 saturated carbocycles. The Morgan fingerprint density at radius 2 is 2.00 bits per heavy atom. The number of aromatic nitrogens is 1. The van der Waals surface area contributed by atoms with Crippen LogP contribution < -0.4 is 0 Å². The first-order valence-corrected chi connectivity index (χ1v) is 4.83. The van der Waals surface area contributed by atoms with Gasteiger partial charge in [0.2, 0.25) is 0 Å². The highest BCUT2D eigenvalue weighted by atomic mass is 35.5. The molecule has 0 fully saturated rings. The highest BCUT2D eigenvalue weighted by Crippen LogP contribution is 2.13. The smallest absolute Gasteiger partial charge is 0.339 e. The lowest BCUT2D eigenvalue weighted by Crippen LogP contribution is -2.04. The molecule has 0 aliphatic carbocycles. The van der Waals surface area contributed by atoms with E-state index in [9.17, 15) is 4.79 Å². The number of nitrogens with zero attached hydrogens (tertiary/aromatic N) is 1. The normalized spacial score (nSPS) is 9.00. The van der Waals surface area contributed by atoms with Crippen LogP contribution in [0.25, 0.3) is 10.9 Å². The number of hydrogen-bond acceptors (Lipinski definition) is 3. The molecule has 1 aromatic heterocycles. The van der Waals surface area contributed by atoms with Crippen LogP contribution in [0.15, 0.2) is 36.5 Å². The first-order valence-electron chi connectivity index (χ1n) is 4.83. The van der Waals surface area contributed by atoms with Gasteiger partial charge in [-0.15, -0.1) is 24.8 Å². The molecule has 0 spiro atoms. The fraction of sp³-hybridized carbons (Fsp3) is 0.167. The van der Waals surface area contributed by atoms with Crippen molar-refractivity contribution in [2.24, 2.45) is 0 Å². The van der Waals surface area contributed by atoms with Gasteiger partial charge in [0.25, 0.3) is 0 Å². The van der Waals surface area contributed by atoms with E-state index in [1.807, 2.05) is 24.3 Å². The number of hydrogen-bond donors (Lipinski definition) is 0. The van der Waals surface area contributed by atoms with Crippen LogP contribution in [0.5, 0.6) is 0 Å². The number of rotatable bonds is 2. The fourth-order valence-electron chi connectivity index (χ4n) is 1.40. The highest BCUT2D eigenvalue weighted by Gasteiger charge is 2.06. The Kier molecular flexibility index (Phi) is 6.54. The maximum Gasteiger partial charge on any atom is 0.339 e. The molecule has 92 valence electrons. The van der Waals surface area contributed by atoms with E-state index in [-0.39, 0.29) is 30.8 Å². The van der Waals surface area contributed by atoms with Gasteiger partial charge in [0.15, 0.2) is 0 Å². The van der Waals surface area contributed by atoms with Gasteiger partial charge in [-0.3, -0.25) is 4.98 Å². The van der Waals surface area contributed by atoms with Crippen LogP contribution in [-0.2, 0) is 4.74 Å². The Bertz CT molecular complexity index is 503. The zero-order valence-corrected chi connectivity index (χ0v) is 10.9. The van der Waals surface area contributed by atoms with Crippen LogP contribution in [0.4, 0.5) is 0 Å². The van der Waals surface area contributed by atoms with Crippen LogP contribution in [0, 0.1) is 0 Å². The lowest BCUT2D eigenvalue weighted by molar-refractivity contribution is 0.0526. The maximum atomic E-state index is 11.4. The number of fused-ring (bicyclic) bond motifs is 1. The standard InChI is InChI=1S/C12H11NO2.2ClH/c1-2-15-12(14)10-7-9-5-3-4-6-11(9)13-8-10;;/h3-8H,2H2,1H3;2*1H. The van der Waals surface area contributed by atoms with Gasteiger partial charge in [-0.25, -0.2) is 4.79 Å². The Morgan fingerprint density at radius 3 is 2.71 bits per heavy atom. The Labute approximate surface area is 112 Å². The van der Waals surface area contributed by atoms with Crippen molar-refractivity contribution in [1.82, 2.24) is 4.98 Å². The quantitative estimate of drug-likeness (QED) is 0.789. The summed E-state index contributed by atoms with van der Waals surface area (Å²) in [6.07, 6.45) is 1.54. The summed E-state index contributed by atoms with van der Waals surface area (Å²) >= 11 is 0. The topological polar surface area (TPSA) is 39.2 Å². The van der Waals surface area contributed by atoms with Crippen molar-refractivity contribution in [1.29, 1.82) is 0 Å². The summed E-state index contributed by atoms with van der Waals surface area (Å²) in [5, 5.41) is 0.947. The number of benzene rings is 1. The lowest BCUT2D eigenvalue weighted by Gasteiger charge is -2.02. The monoisotopic (exact) mass is 273 g/mol. The van der Waals surface area contributed by atoms with Gasteiger partial charge in [-0.2, -0.15) is 0 Å². The van der Waals surface area contributed by atoms with E-state index in [1.54, 1.807) is 19.2 Å². The largest absolute Gasteiger partial charge is 0.462 e. The van der Waals surface area contributed by atoms with Crippen molar-refractivity contribution in [2.75, 3.05) is 6.61 Å². The number of esters is 1. The van der Waals surface area contributed by atoms with Gasteiger partial charge in [0, 0.05) is 11.6 Å². The van der Waals surface area contributed by atoms with Crippen molar-refractivity contribution in [3.8, 4) is 0 Å². The van der Waals surface area contributed by atoms with E-state index in [4.69, 9.17) is 4.74 Å². The molecule has 0 atom stereocenters. The molecule has 17 heavy (non-hydrogen) atoms. The maximum absolute atomic E-state index is 11.4. The van der Waals surface area contributed by atoms with E-state index in [0.717, 1.165) is 10.9 Å². The summed E-state index contributed by atoms with van der Waals surface area (Å²) in [7, 11) is 0. The summed E-state index contributed by atoms with van der Waals surface area (Å²) in [6, 6.07) is 9.45. The summed E-state index contributed by atoms with van der Waals surface area (Å²) < 4.78 is 4.90. The van der Waals surface area contributed by atoms with Crippen LogP contribution in [-0.4, -0.2) is 17.6 Å². The molecule has 1 heterocycles. The minimum Gasteiger partial charge on any atom is -0.462 e. The molecule has 2 aromatic rings. The fourth-order valence-corrected chi connectivity index (χ4v) is 1.40. The average Bonchev–Trinajstić information content (AvgIpc) is 2.29. The lowest BCUT2D eigenvalue weighted by atomic mass is 10.1. The highest BCUT2D eigenvalue weighted by molar-refractivity contribution is 5.93. The molecule has 0 aliphatic heterocycles. The summed E-state index contributed by atoms with van der Waals surface area (Å²) in [6.45, 7) is 2.16. The predicted octanol–water partition coefficient (Wildman–Crippen LogP) is 3.26. The molecule has 0 N–H and O–H groups in total. The average molecular weight is 274 g/mol. The zero-order valence-electron chi connectivity index (χ0n) is 9.25. The van der Waals surface area contributed by atoms with Gasteiger partial charge < -0.3 is 4.74 Å². The molecule has 0 unspecified atom stereocenters. The predicted molar refractivity (Wildman–Crippen MR) is 72.2 cm³/mol. The van der Waals surface area contributed by atoms with Crippen molar-refractivity contribution in [2.45, 2.75) is 6.92 Å². The van der Waals surface area contributed by atoms with Gasteiger partial charge >= 0.3 is 5.97 Å². The molecular formula is C12H13Cl2NO2. The molecule has 3 nitrogen and oxygen atoms in total. The Morgan fingerprint density at radius 1 is 1.29 bits per heavy atom. The van der Waals surface area contributed by atoms with Gasteiger partial charge in [0.05, 0.1) is 17.7 Å². The minimum atomic E-state index is -0.323. The van der Waals surface area contributed by atoms with E-state index >= 15 is 0 Å². The first-order chi connectivity index (χ1) is 7.31. The summed E-state index contributed by atoms with van der Waals surface area (Å²) in [5.41, 5.74) is 1.38. The van der Waals surface area contributed by atoms with Crippen molar-refractivity contribution in [3.63, 3.8) is 0 Å². The number of ether oxygens (including phenoxy) is 1. The second-order valence-corrected chi connectivity index (χ2v) is 3.14. The van der Waals surface area contributed by atoms with Crippen molar-refractivity contribution >= 4 is 41.7 Å². The third-order valence-electron chi connectivity index (χ3n) is 2.10. The minimum absolute atomic E-state index is 0. The molecule has 0 aliphatic rings. The van der Waals surface area contributed by atoms with Crippen LogP contribution in [0.2, 0.25) is 0 Å². The third kappa shape index (κ3) is 3.58. The van der Waals surface area contributed by atoms with Crippen molar-refractivity contribution < 1.29 is 9.53 Å². The second-order valence-electron chi connectivity index (χ2n) is 3.14. The van der Waals surface area contributed by atoms with E-state index < -0.39 is 0 Å². The molecule has 2 rings (SSSR count). The number of carbonyl (C=O) groups is 1. The van der Waals surface area contributed by atoms with E-state index in [0.29, 0.717) is 12.2 Å². The second kappa shape index (κ2) is 7.09. The third-order valence-corrected chi connectivity index (χ3v) is 2.10. The van der Waals surface area contributed by atoms with E-state index in [1.165, 1.54) is 0 Å². The van der Waals surface area contributed by atoms with Gasteiger partial charge in [0.1, 0.15) is 0 Å². The van der Waals surface area contributed by atoms with Crippen LogP contribution >= 0.6 is 24.8 Å².